The van der Waals surface area contributed by atoms with Crippen molar-refractivity contribution in [1.82, 2.24) is 5.32 Å². The highest BCUT2D eigenvalue weighted by Crippen LogP contribution is 2.22. The van der Waals surface area contributed by atoms with Gasteiger partial charge >= 0.3 is 0 Å². The summed E-state index contributed by atoms with van der Waals surface area (Å²) in [6, 6.07) is 10.4. The number of amides is 1. The maximum atomic E-state index is 13.2. The molecule has 2 aromatic carbocycles. The van der Waals surface area contributed by atoms with Gasteiger partial charge in [-0.2, -0.15) is 0 Å². The first-order valence-corrected chi connectivity index (χ1v) is 6.85. The normalized spacial score (nSPS) is 10.3. The summed E-state index contributed by atoms with van der Waals surface area (Å²) in [6.45, 7) is 2.40. The molecule has 0 radical (unpaired) electrons. The van der Waals surface area contributed by atoms with Crippen molar-refractivity contribution in [2.45, 2.75) is 13.5 Å². The fraction of sp³-hybridized carbons (Fsp3) is 0.133. The van der Waals surface area contributed by atoms with E-state index in [0.717, 1.165) is 11.1 Å². The van der Waals surface area contributed by atoms with Crippen LogP contribution in [-0.2, 0) is 6.54 Å². The molecule has 3 N–H and O–H groups in total. The van der Waals surface area contributed by atoms with E-state index in [1.165, 1.54) is 12.1 Å². The number of hydrogen-bond acceptors (Lipinski definition) is 2. The molecule has 1 amide bonds. The smallest absolute Gasteiger partial charge is 0.252 e. The van der Waals surface area contributed by atoms with Crippen molar-refractivity contribution in [3.63, 3.8) is 0 Å². The second-order valence-electron chi connectivity index (χ2n) is 4.53. The van der Waals surface area contributed by atoms with Gasteiger partial charge in [0.15, 0.2) is 0 Å². The van der Waals surface area contributed by atoms with Crippen molar-refractivity contribution in [2.24, 2.45) is 0 Å². The minimum absolute atomic E-state index is 0.0473. The Morgan fingerprint density at radius 3 is 2.80 bits per heavy atom. The Kier molecular flexibility index (Phi) is 4.39. The molecule has 0 bridgehead atoms. The van der Waals surface area contributed by atoms with E-state index in [-0.39, 0.29) is 11.6 Å². The average molecular weight is 337 g/mol. The zero-order valence-corrected chi connectivity index (χ0v) is 12.5. The van der Waals surface area contributed by atoms with Gasteiger partial charge in [0.2, 0.25) is 0 Å². The summed E-state index contributed by atoms with van der Waals surface area (Å²) in [5.74, 6) is -0.850. The minimum Gasteiger partial charge on any atom is -0.396 e. The molecule has 20 heavy (non-hydrogen) atoms. The van der Waals surface area contributed by atoms with Gasteiger partial charge in [0.1, 0.15) is 5.82 Å². The second-order valence-corrected chi connectivity index (χ2v) is 5.38. The maximum absolute atomic E-state index is 13.2. The highest BCUT2D eigenvalue weighted by molar-refractivity contribution is 9.10. The number of rotatable bonds is 3. The molecule has 0 fully saturated rings. The van der Waals surface area contributed by atoms with Crippen molar-refractivity contribution in [2.75, 3.05) is 5.73 Å². The SMILES string of the molecule is Cc1cccc(CNC(=O)c2cc(N)c(F)cc2Br)c1. The largest absolute Gasteiger partial charge is 0.396 e. The molecule has 5 heteroatoms. The lowest BCUT2D eigenvalue weighted by atomic mass is 10.1. The van der Waals surface area contributed by atoms with Gasteiger partial charge in [-0.25, -0.2) is 4.39 Å². The van der Waals surface area contributed by atoms with Crippen LogP contribution in [0, 0.1) is 12.7 Å². The quantitative estimate of drug-likeness (QED) is 0.844. The molecular weight excluding hydrogens is 323 g/mol. The minimum atomic E-state index is -0.549. The molecule has 0 aliphatic heterocycles. The van der Waals surface area contributed by atoms with Gasteiger partial charge in [0, 0.05) is 11.0 Å². The number of carbonyl (C=O) groups excluding carboxylic acids is 1. The summed E-state index contributed by atoms with van der Waals surface area (Å²) in [4.78, 5) is 12.1. The predicted octanol–water partition coefficient (Wildman–Crippen LogP) is 3.41. The zero-order chi connectivity index (χ0) is 14.7. The molecule has 0 aliphatic carbocycles. The van der Waals surface area contributed by atoms with E-state index in [1.807, 2.05) is 31.2 Å². The number of nitrogens with one attached hydrogen (secondary N) is 1. The Hall–Kier alpha value is -1.88. The predicted molar refractivity (Wildman–Crippen MR) is 80.9 cm³/mol. The molecule has 0 unspecified atom stereocenters. The molecule has 0 heterocycles. The fourth-order valence-corrected chi connectivity index (χ4v) is 2.33. The highest BCUT2D eigenvalue weighted by atomic mass is 79.9. The first-order valence-electron chi connectivity index (χ1n) is 6.05. The second kappa shape index (κ2) is 6.05. The van der Waals surface area contributed by atoms with Crippen molar-refractivity contribution in [1.29, 1.82) is 0 Å². The van der Waals surface area contributed by atoms with Crippen LogP contribution in [0.2, 0.25) is 0 Å². The number of nitrogen functional groups attached to an aromatic ring is 1. The van der Waals surface area contributed by atoms with E-state index in [1.54, 1.807) is 0 Å². The molecule has 0 aliphatic rings. The van der Waals surface area contributed by atoms with E-state index in [4.69, 9.17) is 5.73 Å². The van der Waals surface area contributed by atoms with Gasteiger partial charge in [0.25, 0.3) is 5.91 Å². The van der Waals surface area contributed by atoms with Crippen LogP contribution in [0.3, 0.4) is 0 Å². The molecule has 0 spiro atoms. The molecule has 0 aromatic heterocycles. The standard InChI is InChI=1S/C15H14BrFN2O/c1-9-3-2-4-10(5-9)8-19-15(20)11-6-14(18)13(17)7-12(11)16/h2-7H,8,18H2,1H3,(H,19,20). The van der Waals surface area contributed by atoms with Crippen molar-refractivity contribution in [3.05, 3.63) is 63.4 Å². The van der Waals surface area contributed by atoms with Crippen LogP contribution in [0.5, 0.6) is 0 Å². The van der Waals surface area contributed by atoms with Crippen LogP contribution >= 0.6 is 15.9 Å². The van der Waals surface area contributed by atoms with E-state index in [0.29, 0.717) is 16.6 Å². The lowest BCUT2D eigenvalue weighted by Gasteiger charge is -2.09. The van der Waals surface area contributed by atoms with Crippen LogP contribution in [0.4, 0.5) is 10.1 Å². The Morgan fingerprint density at radius 2 is 2.10 bits per heavy atom. The third-order valence-corrected chi connectivity index (χ3v) is 3.52. The molecule has 2 rings (SSSR count). The topological polar surface area (TPSA) is 55.1 Å². The summed E-state index contributed by atoms with van der Waals surface area (Å²) in [5.41, 5.74) is 7.88. The lowest BCUT2D eigenvalue weighted by molar-refractivity contribution is 0.0950. The number of carbonyl (C=O) groups is 1. The first-order chi connectivity index (χ1) is 9.47. The highest BCUT2D eigenvalue weighted by Gasteiger charge is 2.13. The number of nitrogens with two attached hydrogens (primary N) is 1. The number of benzene rings is 2. The first kappa shape index (κ1) is 14.5. The van der Waals surface area contributed by atoms with E-state index < -0.39 is 5.82 Å². The Bertz CT molecular complexity index is 658. The fourth-order valence-electron chi connectivity index (χ4n) is 1.84. The summed E-state index contributed by atoms with van der Waals surface area (Å²) >= 11 is 3.16. The number of halogens is 2. The number of anilines is 1. The van der Waals surface area contributed by atoms with Crippen LogP contribution in [0.1, 0.15) is 21.5 Å². The molecule has 104 valence electrons. The third-order valence-electron chi connectivity index (χ3n) is 2.87. The van der Waals surface area contributed by atoms with Gasteiger partial charge in [-0.05, 0) is 40.5 Å². The molecule has 0 saturated carbocycles. The van der Waals surface area contributed by atoms with Crippen LogP contribution in [0.25, 0.3) is 0 Å². The molecule has 2 aromatic rings. The summed E-state index contributed by atoms with van der Waals surface area (Å²) in [5, 5.41) is 2.78. The zero-order valence-electron chi connectivity index (χ0n) is 10.9. The monoisotopic (exact) mass is 336 g/mol. The third kappa shape index (κ3) is 3.36. The Labute approximate surface area is 125 Å². The van der Waals surface area contributed by atoms with Crippen LogP contribution in [-0.4, -0.2) is 5.91 Å². The molecular formula is C15H14BrFN2O. The summed E-state index contributed by atoms with van der Waals surface area (Å²) in [7, 11) is 0. The molecule has 0 atom stereocenters. The average Bonchev–Trinajstić information content (AvgIpc) is 2.40. The number of aryl methyl sites for hydroxylation is 1. The van der Waals surface area contributed by atoms with Crippen molar-refractivity contribution < 1.29 is 9.18 Å². The van der Waals surface area contributed by atoms with Crippen molar-refractivity contribution in [3.8, 4) is 0 Å². The van der Waals surface area contributed by atoms with Crippen LogP contribution in [0.15, 0.2) is 40.9 Å². The lowest BCUT2D eigenvalue weighted by Crippen LogP contribution is -2.23. The van der Waals surface area contributed by atoms with E-state index in [9.17, 15) is 9.18 Å². The van der Waals surface area contributed by atoms with Gasteiger partial charge in [-0.1, -0.05) is 29.8 Å². The Morgan fingerprint density at radius 1 is 1.35 bits per heavy atom. The summed E-state index contributed by atoms with van der Waals surface area (Å²) in [6.07, 6.45) is 0. The van der Waals surface area contributed by atoms with Gasteiger partial charge in [-0.3, -0.25) is 4.79 Å². The van der Waals surface area contributed by atoms with Gasteiger partial charge in [-0.15, -0.1) is 0 Å². The van der Waals surface area contributed by atoms with E-state index >= 15 is 0 Å². The molecule has 3 nitrogen and oxygen atoms in total. The number of hydrogen-bond donors (Lipinski definition) is 2. The van der Waals surface area contributed by atoms with Gasteiger partial charge < -0.3 is 11.1 Å². The van der Waals surface area contributed by atoms with Gasteiger partial charge in [0.05, 0.1) is 11.3 Å². The Balaban J connectivity index is 2.11. The van der Waals surface area contributed by atoms with Crippen molar-refractivity contribution >= 4 is 27.5 Å². The van der Waals surface area contributed by atoms with Crippen LogP contribution < -0.4 is 11.1 Å². The maximum Gasteiger partial charge on any atom is 0.252 e. The molecule has 0 saturated heterocycles. The van der Waals surface area contributed by atoms with E-state index in [2.05, 4.69) is 21.2 Å². The summed E-state index contributed by atoms with van der Waals surface area (Å²) < 4.78 is 13.6.